The van der Waals surface area contributed by atoms with Crippen LogP contribution in [0, 0.1) is 6.92 Å². The first-order valence-electron chi connectivity index (χ1n) is 7.21. The van der Waals surface area contributed by atoms with Crippen LogP contribution in [0.25, 0.3) is 10.1 Å². The van der Waals surface area contributed by atoms with Crippen molar-refractivity contribution in [3.05, 3.63) is 33.7 Å². The Bertz CT molecular complexity index is 682. The standard InChI is InChI=1S/C16H18ClNO2S/c1-10-11-5-4-6-12(17)15(11)21-14(10)9-18-8-3-2-7-13(18)16(19)20/h4-6,13H,2-3,7-9H2,1H3,(H,19,20). The molecular formula is C16H18ClNO2S. The van der Waals surface area contributed by atoms with Gasteiger partial charge in [0.15, 0.2) is 0 Å². The molecule has 3 rings (SSSR count). The van der Waals surface area contributed by atoms with E-state index in [1.54, 1.807) is 11.3 Å². The Morgan fingerprint density at radius 3 is 3.00 bits per heavy atom. The molecule has 1 aromatic heterocycles. The predicted octanol–water partition coefficient (Wildman–Crippen LogP) is 4.30. The topological polar surface area (TPSA) is 40.5 Å². The van der Waals surface area contributed by atoms with Crippen LogP contribution in [0.1, 0.15) is 29.7 Å². The molecule has 2 aromatic rings. The number of aliphatic carboxylic acids is 1. The molecule has 3 nitrogen and oxygen atoms in total. The van der Waals surface area contributed by atoms with Crippen molar-refractivity contribution in [1.82, 2.24) is 4.90 Å². The molecule has 112 valence electrons. The molecule has 0 radical (unpaired) electrons. The number of hydrogen-bond acceptors (Lipinski definition) is 3. The number of nitrogens with zero attached hydrogens (tertiary/aromatic N) is 1. The Hall–Kier alpha value is -1.10. The van der Waals surface area contributed by atoms with Gasteiger partial charge in [0.1, 0.15) is 6.04 Å². The molecule has 1 aliphatic rings. The van der Waals surface area contributed by atoms with E-state index in [1.807, 2.05) is 12.1 Å². The molecule has 0 saturated carbocycles. The van der Waals surface area contributed by atoms with Gasteiger partial charge in [-0.2, -0.15) is 0 Å². The zero-order chi connectivity index (χ0) is 15.0. The lowest BCUT2D eigenvalue weighted by Gasteiger charge is -2.32. The normalized spacial score (nSPS) is 20.0. The Morgan fingerprint density at radius 1 is 1.48 bits per heavy atom. The van der Waals surface area contributed by atoms with Gasteiger partial charge < -0.3 is 5.11 Å². The summed E-state index contributed by atoms with van der Waals surface area (Å²) in [6.45, 7) is 3.67. The van der Waals surface area contributed by atoms with Gasteiger partial charge in [0, 0.05) is 11.4 Å². The van der Waals surface area contributed by atoms with Gasteiger partial charge in [0.05, 0.1) is 9.72 Å². The van der Waals surface area contributed by atoms with E-state index in [0.29, 0.717) is 6.54 Å². The summed E-state index contributed by atoms with van der Waals surface area (Å²) >= 11 is 7.96. The van der Waals surface area contributed by atoms with E-state index in [4.69, 9.17) is 11.6 Å². The summed E-state index contributed by atoms with van der Waals surface area (Å²) in [4.78, 5) is 14.7. The minimum Gasteiger partial charge on any atom is -0.480 e. The highest BCUT2D eigenvalue weighted by Crippen LogP contribution is 2.36. The third-order valence-electron chi connectivity index (χ3n) is 4.26. The van der Waals surface area contributed by atoms with Gasteiger partial charge >= 0.3 is 5.97 Å². The van der Waals surface area contributed by atoms with Gasteiger partial charge in [0.25, 0.3) is 0 Å². The van der Waals surface area contributed by atoms with E-state index in [1.165, 1.54) is 15.8 Å². The summed E-state index contributed by atoms with van der Waals surface area (Å²) in [5.74, 6) is -0.702. The van der Waals surface area contributed by atoms with E-state index in [2.05, 4.69) is 17.9 Å². The van der Waals surface area contributed by atoms with Crippen LogP contribution in [0.3, 0.4) is 0 Å². The molecule has 1 unspecified atom stereocenters. The molecule has 1 saturated heterocycles. The minimum absolute atomic E-state index is 0.348. The fraction of sp³-hybridized carbons (Fsp3) is 0.438. The molecule has 1 aliphatic heterocycles. The van der Waals surface area contributed by atoms with Gasteiger partial charge in [-0.15, -0.1) is 11.3 Å². The molecule has 0 bridgehead atoms. The Labute approximate surface area is 133 Å². The van der Waals surface area contributed by atoms with Crippen molar-refractivity contribution in [2.24, 2.45) is 0 Å². The number of hydrogen-bond donors (Lipinski definition) is 1. The maximum Gasteiger partial charge on any atom is 0.320 e. The highest BCUT2D eigenvalue weighted by atomic mass is 35.5. The van der Waals surface area contributed by atoms with Gasteiger partial charge in [0.2, 0.25) is 0 Å². The van der Waals surface area contributed by atoms with Crippen LogP contribution in [-0.4, -0.2) is 28.6 Å². The quantitative estimate of drug-likeness (QED) is 0.915. The molecule has 1 atom stereocenters. The Balaban J connectivity index is 1.92. The van der Waals surface area contributed by atoms with E-state index in [-0.39, 0.29) is 6.04 Å². The summed E-state index contributed by atoms with van der Waals surface area (Å²) in [6.07, 6.45) is 2.83. The molecule has 21 heavy (non-hydrogen) atoms. The number of thiophene rings is 1. The van der Waals surface area contributed by atoms with Gasteiger partial charge in [-0.05, 0) is 43.3 Å². The van der Waals surface area contributed by atoms with Crippen molar-refractivity contribution in [3.8, 4) is 0 Å². The number of rotatable bonds is 3. The molecule has 0 amide bonds. The van der Waals surface area contributed by atoms with Gasteiger partial charge in [-0.3, -0.25) is 9.69 Å². The maximum atomic E-state index is 11.4. The van der Waals surface area contributed by atoms with Crippen LogP contribution in [0.15, 0.2) is 18.2 Å². The zero-order valence-corrected chi connectivity index (χ0v) is 13.5. The van der Waals surface area contributed by atoms with Crippen LogP contribution < -0.4 is 0 Å². The summed E-state index contributed by atoms with van der Waals surface area (Å²) < 4.78 is 1.11. The van der Waals surface area contributed by atoms with Crippen LogP contribution >= 0.6 is 22.9 Å². The van der Waals surface area contributed by atoms with Crippen molar-refractivity contribution in [2.45, 2.75) is 38.8 Å². The number of carbonyl (C=O) groups is 1. The zero-order valence-electron chi connectivity index (χ0n) is 11.9. The molecule has 1 N–H and O–H groups in total. The third-order valence-corrected chi connectivity index (χ3v) is 6.01. The minimum atomic E-state index is -0.702. The highest BCUT2D eigenvalue weighted by molar-refractivity contribution is 7.20. The number of benzene rings is 1. The number of piperidine rings is 1. The van der Waals surface area contributed by atoms with E-state index in [9.17, 15) is 9.90 Å². The number of halogens is 1. The average molecular weight is 324 g/mol. The fourth-order valence-corrected chi connectivity index (χ4v) is 4.58. The first-order chi connectivity index (χ1) is 10.1. The van der Waals surface area contributed by atoms with E-state index < -0.39 is 5.97 Å². The number of carboxylic acid groups (broad SMARTS) is 1. The third kappa shape index (κ3) is 2.80. The van der Waals surface area contributed by atoms with Crippen molar-refractivity contribution in [2.75, 3.05) is 6.54 Å². The lowest BCUT2D eigenvalue weighted by atomic mass is 10.0. The number of aryl methyl sites for hydroxylation is 1. The molecule has 5 heteroatoms. The van der Waals surface area contributed by atoms with Crippen LogP contribution in [0.5, 0.6) is 0 Å². The number of fused-ring (bicyclic) bond motifs is 1. The lowest BCUT2D eigenvalue weighted by molar-refractivity contribution is -0.144. The Kier molecular flexibility index (Phi) is 4.20. The molecule has 1 fully saturated rings. The molecular weight excluding hydrogens is 306 g/mol. The van der Waals surface area contributed by atoms with Crippen LogP contribution in [-0.2, 0) is 11.3 Å². The van der Waals surface area contributed by atoms with E-state index in [0.717, 1.165) is 35.5 Å². The highest BCUT2D eigenvalue weighted by Gasteiger charge is 2.29. The fourth-order valence-electron chi connectivity index (χ4n) is 3.05. The lowest BCUT2D eigenvalue weighted by Crippen LogP contribution is -2.43. The second-order valence-corrected chi connectivity index (χ2v) is 7.10. The van der Waals surface area contributed by atoms with Gasteiger partial charge in [-0.25, -0.2) is 0 Å². The van der Waals surface area contributed by atoms with Crippen molar-refractivity contribution >= 4 is 39.0 Å². The number of likely N-dealkylation sites (tertiary alicyclic amines) is 1. The van der Waals surface area contributed by atoms with Crippen molar-refractivity contribution in [1.29, 1.82) is 0 Å². The summed E-state index contributed by atoms with van der Waals surface area (Å²) in [5, 5.41) is 11.3. The molecule has 2 heterocycles. The first kappa shape index (κ1) is 14.8. The second-order valence-electron chi connectivity index (χ2n) is 5.59. The van der Waals surface area contributed by atoms with E-state index >= 15 is 0 Å². The first-order valence-corrected chi connectivity index (χ1v) is 8.40. The van der Waals surface area contributed by atoms with Crippen molar-refractivity contribution < 1.29 is 9.90 Å². The monoisotopic (exact) mass is 323 g/mol. The largest absolute Gasteiger partial charge is 0.480 e. The van der Waals surface area contributed by atoms with Crippen molar-refractivity contribution in [3.63, 3.8) is 0 Å². The predicted molar refractivity (Wildman–Crippen MR) is 87.3 cm³/mol. The second kappa shape index (κ2) is 5.95. The summed E-state index contributed by atoms with van der Waals surface area (Å²) in [7, 11) is 0. The number of carboxylic acids is 1. The smallest absolute Gasteiger partial charge is 0.320 e. The molecule has 1 aromatic carbocycles. The molecule has 0 aliphatic carbocycles. The summed E-state index contributed by atoms with van der Waals surface area (Å²) in [5.41, 5.74) is 1.23. The van der Waals surface area contributed by atoms with Gasteiger partial charge in [-0.1, -0.05) is 30.2 Å². The Morgan fingerprint density at radius 2 is 2.29 bits per heavy atom. The van der Waals surface area contributed by atoms with Crippen LogP contribution in [0.2, 0.25) is 5.02 Å². The maximum absolute atomic E-state index is 11.4. The average Bonchev–Trinajstić information content (AvgIpc) is 2.78. The SMILES string of the molecule is Cc1c(CN2CCCCC2C(=O)O)sc2c(Cl)cccc12. The van der Waals surface area contributed by atoms with Crippen LogP contribution in [0.4, 0.5) is 0 Å². The summed E-state index contributed by atoms with van der Waals surface area (Å²) in [6, 6.07) is 5.61. The molecule has 0 spiro atoms.